The van der Waals surface area contributed by atoms with Crippen LogP contribution in [-0.4, -0.2) is 12.1 Å². The Morgan fingerprint density at radius 2 is 1.95 bits per heavy atom. The van der Waals surface area contributed by atoms with E-state index >= 15 is 0 Å². The van der Waals surface area contributed by atoms with Crippen LogP contribution >= 0.6 is 0 Å². The topological polar surface area (TPSA) is 27.0 Å². The first kappa shape index (κ1) is 13.9. The maximum Gasteiger partial charge on any atom is 0.0624 e. The fourth-order valence-corrected chi connectivity index (χ4v) is 3.48. The number of nitriles is 1. The minimum Gasteiger partial charge on any atom is -0.366 e. The van der Waals surface area contributed by atoms with Gasteiger partial charge in [0.05, 0.1) is 6.07 Å². The van der Waals surface area contributed by atoms with Gasteiger partial charge in [0.15, 0.2) is 0 Å². The van der Waals surface area contributed by atoms with Gasteiger partial charge in [0, 0.05) is 24.2 Å². The van der Waals surface area contributed by atoms with E-state index in [0.717, 1.165) is 19.4 Å². The highest BCUT2D eigenvalue weighted by Gasteiger charge is 2.35. The number of para-hydroxylation sites is 1. The molecule has 0 N–H and O–H groups in total. The molecule has 2 nitrogen and oxygen atoms in total. The van der Waals surface area contributed by atoms with E-state index in [0.29, 0.717) is 12.3 Å². The maximum atomic E-state index is 8.90. The number of nitrogens with zero attached hydrogens (tertiary/aromatic N) is 2. The molecule has 19 heavy (non-hydrogen) atoms. The molecule has 1 aliphatic heterocycles. The molecule has 1 aromatic rings. The van der Waals surface area contributed by atoms with E-state index in [1.165, 1.54) is 16.8 Å². The van der Waals surface area contributed by atoms with Crippen molar-refractivity contribution < 1.29 is 0 Å². The van der Waals surface area contributed by atoms with E-state index in [9.17, 15) is 0 Å². The predicted molar refractivity (Wildman–Crippen MR) is 80.3 cm³/mol. The first-order chi connectivity index (χ1) is 8.95. The van der Waals surface area contributed by atoms with E-state index < -0.39 is 0 Å². The zero-order valence-electron chi connectivity index (χ0n) is 12.5. The fourth-order valence-electron chi connectivity index (χ4n) is 3.48. The Balaban J connectivity index is 2.29. The van der Waals surface area contributed by atoms with Gasteiger partial charge in [0.1, 0.15) is 0 Å². The van der Waals surface area contributed by atoms with Crippen LogP contribution in [0.15, 0.2) is 18.2 Å². The lowest BCUT2D eigenvalue weighted by atomic mass is 9.80. The molecule has 0 amide bonds. The van der Waals surface area contributed by atoms with Crippen molar-refractivity contribution in [3.05, 3.63) is 29.3 Å². The van der Waals surface area contributed by atoms with Crippen LogP contribution in [0.3, 0.4) is 0 Å². The number of benzene rings is 1. The normalized spacial score (nSPS) is 22.1. The van der Waals surface area contributed by atoms with Crippen molar-refractivity contribution >= 4 is 5.69 Å². The number of anilines is 1. The molecule has 2 heteroatoms. The van der Waals surface area contributed by atoms with Crippen LogP contribution in [0.25, 0.3) is 0 Å². The Labute approximate surface area is 117 Å². The van der Waals surface area contributed by atoms with Crippen molar-refractivity contribution in [1.29, 1.82) is 5.26 Å². The second-order valence-corrected chi connectivity index (χ2v) is 6.43. The molecule has 102 valence electrons. The van der Waals surface area contributed by atoms with E-state index in [2.05, 4.69) is 56.9 Å². The fraction of sp³-hybridized carbons (Fsp3) is 0.588. The average molecular weight is 256 g/mol. The number of hydrogen-bond acceptors (Lipinski definition) is 2. The number of piperidine rings is 1. The summed E-state index contributed by atoms with van der Waals surface area (Å²) >= 11 is 0. The molecule has 0 aromatic heterocycles. The molecule has 1 atom stereocenters. The summed E-state index contributed by atoms with van der Waals surface area (Å²) in [5.74, 6) is 0.556. The smallest absolute Gasteiger partial charge is 0.0624 e. The van der Waals surface area contributed by atoms with Crippen LogP contribution < -0.4 is 4.90 Å². The molecule has 0 spiro atoms. The summed E-state index contributed by atoms with van der Waals surface area (Å²) in [5.41, 5.74) is 4.23. The summed E-state index contributed by atoms with van der Waals surface area (Å²) < 4.78 is 0. The van der Waals surface area contributed by atoms with Gasteiger partial charge in [-0.25, -0.2) is 0 Å². The summed E-state index contributed by atoms with van der Waals surface area (Å²) in [5, 5.41) is 8.90. The molecule has 1 heterocycles. The molecule has 1 fully saturated rings. The van der Waals surface area contributed by atoms with Crippen LogP contribution in [0.4, 0.5) is 5.69 Å². The van der Waals surface area contributed by atoms with Crippen molar-refractivity contribution in [1.82, 2.24) is 0 Å². The van der Waals surface area contributed by atoms with Gasteiger partial charge in [-0.05, 0) is 57.6 Å². The minimum atomic E-state index is 0.136. The highest BCUT2D eigenvalue weighted by Crippen LogP contribution is 2.39. The van der Waals surface area contributed by atoms with Gasteiger partial charge in [0.2, 0.25) is 0 Å². The van der Waals surface area contributed by atoms with Crippen molar-refractivity contribution in [3.8, 4) is 6.07 Å². The summed E-state index contributed by atoms with van der Waals surface area (Å²) in [4.78, 5) is 2.55. The first-order valence-electron chi connectivity index (χ1n) is 7.16. The average Bonchev–Trinajstić information content (AvgIpc) is 2.31. The zero-order valence-corrected chi connectivity index (χ0v) is 12.5. The number of hydrogen-bond donors (Lipinski definition) is 0. The largest absolute Gasteiger partial charge is 0.366 e. The van der Waals surface area contributed by atoms with E-state index in [-0.39, 0.29) is 5.54 Å². The first-order valence-corrected chi connectivity index (χ1v) is 7.16. The Hall–Kier alpha value is -1.49. The Morgan fingerprint density at radius 3 is 2.47 bits per heavy atom. The van der Waals surface area contributed by atoms with Crippen molar-refractivity contribution in [2.24, 2.45) is 5.92 Å². The molecule has 2 rings (SSSR count). The molecule has 1 unspecified atom stereocenters. The van der Waals surface area contributed by atoms with Gasteiger partial charge in [-0.3, -0.25) is 0 Å². The quantitative estimate of drug-likeness (QED) is 0.792. The van der Waals surface area contributed by atoms with Crippen LogP contribution in [0.2, 0.25) is 0 Å². The highest BCUT2D eigenvalue weighted by atomic mass is 15.2. The van der Waals surface area contributed by atoms with Crippen molar-refractivity contribution in [2.75, 3.05) is 11.4 Å². The number of aryl methyl sites for hydroxylation is 2. The van der Waals surface area contributed by atoms with Gasteiger partial charge in [-0.2, -0.15) is 5.26 Å². The highest BCUT2D eigenvalue weighted by molar-refractivity contribution is 5.60. The predicted octanol–water partition coefficient (Wildman–Crippen LogP) is 4.21. The minimum absolute atomic E-state index is 0.136. The second kappa shape index (κ2) is 5.25. The maximum absolute atomic E-state index is 8.90. The third kappa shape index (κ3) is 2.76. The van der Waals surface area contributed by atoms with Crippen molar-refractivity contribution in [2.45, 2.75) is 52.5 Å². The third-order valence-electron chi connectivity index (χ3n) is 4.37. The molecule has 1 aliphatic rings. The molecule has 0 saturated carbocycles. The van der Waals surface area contributed by atoms with Gasteiger partial charge in [-0.15, -0.1) is 0 Å². The van der Waals surface area contributed by atoms with E-state index in [1.54, 1.807) is 0 Å². The SMILES string of the molecule is Cc1cccc(C)c1N1CCC(CC#N)CC1(C)C. The van der Waals surface area contributed by atoms with Gasteiger partial charge in [-0.1, -0.05) is 18.2 Å². The van der Waals surface area contributed by atoms with Crippen LogP contribution in [0.5, 0.6) is 0 Å². The molecule has 1 aromatic carbocycles. The summed E-state index contributed by atoms with van der Waals surface area (Å²) in [7, 11) is 0. The zero-order chi connectivity index (χ0) is 14.0. The lowest BCUT2D eigenvalue weighted by Crippen LogP contribution is -2.50. The van der Waals surface area contributed by atoms with Crippen molar-refractivity contribution in [3.63, 3.8) is 0 Å². The van der Waals surface area contributed by atoms with Gasteiger partial charge < -0.3 is 4.90 Å². The summed E-state index contributed by atoms with van der Waals surface area (Å²) in [6.45, 7) is 10.1. The molecule has 0 radical (unpaired) electrons. The van der Waals surface area contributed by atoms with Crippen LogP contribution in [0, 0.1) is 31.1 Å². The molecule has 0 bridgehead atoms. The third-order valence-corrected chi connectivity index (χ3v) is 4.37. The standard InChI is InChI=1S/C17H24N2/c1-13-6-5-7-14(2)16(13)19-11-9-15(8-10-18)12-17(19,3)4/h5-7,15H,8-9,11-12H2,1-4H3. The Bertz CT molecular complexity index is 476. The molecular formula is C17H24N2. The summed E-state index contributed by atoms with van der Waals surface area (Å²) in [6.07, 6.45) is 2.93. The van der Waals surface area contributed by atoms with Gasteiger partial charge in [0.25, 0.3) is 0 Å². The lowest BCUT2D eigenvalue weighted by molar-refractivity contribution is 0.276. The monoisotopic (exact) mass is 256 g/mol. The van der Waals surface area contributed by atoms with Crippen LogP contribution in [-0.2, 0) is 0 Å². The second-order valence-electron chi connectivity index (χ2n) is 6.43. The number of rotatable bonds is 2. The Morgan fingerprint density at radius 1 is 1.32 bits per heavy atom. The van der Waals surface area contributed by atoms with E-state index in [4.69, 9.17) is 5.26 Å². The lowest BCUT2D eigenvalue weighted by Gasteiger charge is -2.48. The Kier molecular flexibility index (Phi) is 3.85. The van der Waals surface area contributed by atoms with Crippen LogP contribution in [0.1, 0.15) is 44.2 Å². The van der Waals surface area contributed by atoms with E-state index in [1.807, 2.05) is 0 Å². The summed E-state index contributed by atoms with van der Waals surface area (Å²) in [6, 6.07) is 8.85. The molecular weight excluding hydrogens is 232 g/mol. The molecule has 1 saturated heterocycles. The van der Waals surface area contributed by atoms with Gasteiger partial charge >= 0.3 is 0 Å². The molecule has 0 aliphatic carbocycles.